The van der Waals surface area contributed by atoms with Crippen LogP contribution in [0.5, 0.6) is 0 Å². The van der Waals surface area contributed by atoms with Crippen LogP contribution >= 0.6 is 0 Å². The largest absolute Gasteiger partial charge is 0.388 e. The Bertz CT molecular complexity index is 258. The van der Waals surface area contributed by atoms with E-state index in [2.05, 4.69) is 19.2 Å². The highest BCUT2D eigenvalue weighted by atomic mass is 16.5. The van der Waals surface area contributed by atoms with Gasteiger partial charge in [-0.25, -0.2) is 0 Å². The Hall–Kier alpha value is -0.610. The summed E-state index contributed by atoms with van der Waals surface area (Å²) in [6, 6.07) is 0. The topological polar surface area (TPSA) is 58.6 Å². The van der Waals surface area contributed by atoms with Gasteiger partial charge in [-0.3, -0.25) is 4.79 Å². The molecule has 1 aliphatic heterocycles. The molecule has 18 heavy (non-hydrogen) atoms. The van der Waals surface area contributed by atoms with Crippen LogP contribution < -0.4 is 5.32 Å². The molecule has 0 aliphatic carbocycles. The summed E-state index contributed by atoms with van der Waals surface area (Å²) >= 11 is 0. The Balaban J connectivity index is 2.27. The van der Waals surface area contributed by atoms with Gasteiger partial charge < -0.3 is 15.2 Å². The molecule has 4 nitrogen and oxygen atoms in total. The number of amides is 1. The summed E-state index contributed by atoms with van der Waals surface area (Å²) in [4.78, 5) is 11.9. The zero-order valence-electron chi connectivity index (χ0n) is 11.9. The van der Waals surface area contributed by atoms with Crippen LogP contribution in [0.15, 0.2) is 0 Å². The minimum atomic E-state index is -0.810. The zero-order chi connectivity index (χ0) is 13.6. The second-order valence-electron chi connectivity index (χ2n) is 6.06. The van der Waals surface area contributed by atoms with Crippen molar-refractivity contribution in [1.82, 2.24) is 5.32 Å². The van der Waals surface area contributed by atoms with Gasteiger partial charge in [-0.1, -0.05) is 13.8 Å². The van der Waals surface area contributed by atoms with Gasteiger partial charge in [0.25, 0.3) is 0 Å². The highest BCUT2D eigenvalue weighted by molar-refractivity contribution is 5.78. The zero-order valence-corrected chi connectivity index (χ0v) is 11.9. The summed E-state index contributed by atoms with van der Waals surface area (Å²) < 4.78 is 5.29. The molecule has 0 unspecified atom stereocenters. The van der Waals surface area contributed by atoms with E-state index in [4.69, 9.17) is 4.74 Å². The van der Waals surface area contributed by atoms with E-state index in [1.165, 1.54) is 0 Å². The van der Waals surface area contributed by atoms with Gasteiger partial charge in [-0.05, 0) is 38.5 Å². The fourth-order valence-electron chi connectivity index (χ4n) is 2.06. The molecular formula is C14H27NO3. The number of aliphatic hydroxyl groups is 1. The molecule has 1 amide bonds. The van der Waals surface area contributed by atoms with Crippen molar-refractivity contribution in [2.45, 2.75) is 52.1 Å². The normalized spacial score (nSPS) is 23.7. The number of carbonyl (C=O) groups is 1. The maximum absolute atomic E-state index is 11.9. The van der Waals surface area contributed by atoms with E-state index in [1.54, 1.807) is 6.92 Å². The van der Waals surface area contributed by atoms with Gasteiger partial charge in [0.15, 0.2) is 0 Å². The molecule has 1 saturated heterocycles. The van der Waals surface area contributed by atoms with E-state index < -0.39 is 5.60 Å². The van der Waals surface area contributed by atoms with E-state index in [-0.39, 0.29) is 11.8 Å². The molecule has 1 rings (SSSR count). The van der Waals surface area contributed by atoms with Crippen molar-refractivity contribution in [3.05, 3.63) is 0 Å². The summed E-state index contributed by atoms with van der Waals surface area (Å²) in [5, 5.41) is 13.0. The lowest BCUT2D eigenvalue weighted by Gasteiger charge is -2.27. The molecule has 0 spiro atoms. The molecule has 0 radical (unpaired) electrons. The van der Waals surface area contributed by atoms with Gasteiger partial charge in [0.1, 0.15) is 0 Å². The summed E-state index contributed by atoms with van der Waals surface area (Å²) in [6.45, 7) is 7.65. The third-order valence-electron chi connectivity index (χ3n) is 3.43. The van der Waals surface area contributed by atoms with Gasteiger partial charge in [0.05, 0.1) is 18.1 Å². The SMILES string of the molecule is CC(C)CC[C@@](C)(O)CNC(=O)[C@@H]1CCCOC1. The molecule has 2 N–H and O–H groups in total. The van der Waals surface area contributed by atoms with Crippen molar-refractivity contribution in [2.75, 3.05) is 19.8 Å². The standard InChI is InChI=1S/C14H27NO3/c1-11(2)6-7-14(3,17)10-15-13(16)12-5-4-8-18-9-12/h11-12,17H,4-10H2,1-3H3,(H,15,16)/t12-,14-/m1/s1. The first-order chi connectivity index (χ1) is 8.41. The Morgan fingerprint density at radius 2 is 2.28 bits per heavy atom. The first-order valence-corrected chi connectivity index (χ1v) is 6.98. The second-order valence-corrected chi connectivity index (χ2v) is 6.06. The maximum atomic E-state index is 11.9. The van der Waals surface area contributed by atoms with E-state index in [1.807, 2.05) is 0 Å². The summed E-state index contributed by atoms with van der Waals surface area (Å²) in [5.41, 5.74) is -0.810. The number of rotatable bonds is 6. The van der Waals surface area contributed by atoms with Crippen molar-refractivity contribution in [2.24, 2.45) is 11.8 Å². The maximum Gasteiger partial charge on any atom is 0.225 e. The number of ether oxygens (including phenoxy) is 1. The molecule has 106 valence electrons. The molecule has 0 bridgehead atoms. The van der Waals surface area contributed by atoms with Crippen LogP contribution in [0.4, 0.5) is 0 Å². The lowest BCUT2D eigenvalue weighted by molar-refractivity contribution is -0.130. The quantitative estimate of drug-likeness (QED) is 0.761. The predicted molar refractivity (Wildman–Crippen MR) is 71.2 cm³/mol. The van der Waals surface area contributed by atoms with Gasteiger partial charge in [0.2, 0.25) is 5.91 Å². The van der Waals surface area contributed by atoms with Crippen molar-refractivity contribution in [3.63, 3.8) is 0 Å². The van der Waals surface area contributed by atoms with Crippen molar-refractivity contribution < 1.29 is 14.6 Å². The van der Waals surface area contributed by atoms with Crippen LogP contribution in [-0.2, 0) is 9.53 Å². The van der Waals surface area contributed by atoms with E-state index in [9.17, 15) is 9.90 Å². The molecule has 0 aromatic rings. The van der Waals surface area contributed by atoms with Gasteiger partial charge in [0, 0.05) is 13.2 Å². The minimum Gasteiger partial charge on any atom is -0.388 e. The minimum absolute atomic E-state index is 0.0134. The third kappa shape index (κ3) is 5.83. The second kappa shape index (κ2) is 7.10. The monoisotopic (exact) mass is 257 g/mol. The highest BCUT2D eigenvalue weighted by Crippen LogP contribution is 2.17. The third-order valence-corrected chi connectivity index (χ3v) is 3.43. The predicted octanol–water partition coefficient (Wildman–Crippen LogP) is 1.72. The van der Waals surface area contributed by atoms with E-state index in [0.717, 1.165) is 25.9 Å². The molecule has 1 aliphatic rings. The van der Waals surface area contributed by atoms with Gasteiger partial charge in [-0.15, -0.1) is 0 Å². The molecule has 1 fully saturated rings. The Kier molecular flexibility index (Phi) is 6.09. The fourth-order valence-corrected chi connectivity index (χ4v) is 2.06. The van der Waals surface area contributed by atoms with Gasteiger partial charge in [-0.2, -0.15) is 0 Å². The molecule has 2 atom stereocenters. The Morgan fingerprint density at radius 3 is 2.83 bits per heavy atom. The summed E-state index contributed by atoms with van der Waals surface area (Å²) in [6.07, 6.45) is 3.52. The number of nitrogens with one attached hydrogen (secondary N) is 1. The molecule has 0 saturated carbocycles. The number of hydrogen-bond donors (Lipinski definition) is 2. The Morgan fingerprint density at radius 1 is 1.56 bits per heavy atom. The Labute approximate surface area is 110 Å². The van der Waals surface area contributed by atoms with Crippen LogP contribution in [0.3, 0.4) is 0 Å². The highest BCUT2D eigenvalue weighted by Gasteiger charge is 2.25. The van der Waals surface area contributed by atoms with Crippen LogP contribution in [0.2, 0.25) is 0 Å². The molecule has 1 heterocycles. The molecule has 0 aromatic carbocycles. The molecule has 0 aromatic heterocycles. The average Bonchev–Trinajstić information content (AvgIpc) is 2.35. The summed E-state index contributed by atoms with van der Waals surface area (Å²) in [7, 11) is 0. The van der Waals surface area contributed by atoms with Crippen molar-refractivity contribution in [3.8, 4) is 0 Å². The summed E-state index contributed by atoms with van der Waals surface area (Å²) in [5.74, 6) is 0.540. The first-order valence-electron chi connectivity index (χ1n) is 6.98. The van der Waals surface area contributed by atoms with Crippen molar-refractivity contribution >= 4 is 5.91 Å². The first kappa shape index (κ1) is 15.4. The van der Waals surface area contributed by atoms with E-state index >= 15 is 0 Å². The van der Waals surface area contributed by atoms with Crippen LogP contribution in [-0.4, -0.2) is 36.4 Å². The van der Waals surface area contributed by atoms with E-state index in [0.29, 0.717) is 25.5 Å². The fraction of sp³-hybridized carbons (Fsp3) is 0.929. The molecule has 4 heteroatoms. The lowest BCUT2D eigenvalue weighted by atomic mass is 9.94. The van der Waals surface area contributed by atoms with Crippen LogP contribution in [0.1, 0.15) is 46.5 Å². The van der Waals surface area contributed by atoms with Crippen LogP contribution in [0.25, 0.3) is 0 Å². The average molecular weight is 257 g/mol. The number of carbonyl (C=O) groups excluding carboxylic acids is 1. The van der Waals surface area contributed by atoms with Crippen LogP contribution in [0, 0.1) is 11.8 Å². The number of hydrogen-bond acceptors (Lipinski definition) is 3. The van der Waals surface area contributed by atoms with Crippen molar-refractivity contribution in [1.29, 1.82) is 0 Å². The lowest BCUT2D eigenvalue weighted by Crippen LogP contribution is -2.44. The smallest absolute Gasteiger partial charge is 0.225 e. The molecular weight excluding hydrogens is 230 g/mol. The van der Waals surface area contributed by atoms with Gasteiger partial charge >= 0.3 is 0 Å².